The molecule has 1 aromatic carbocycles. The van der Waals surface area contributed by atoms with Gasteiger partial charge in [-0.2, -0.15) is 0 Å². The van der Waals surface area contributed by atoms with Crippen molar-refractivity contribution < 1.29 is 0 Å². The normalized spacial score (nSPS) is 25.5. The lowest BCUT2D eigenvalue weighted by Gasteiger charge is -2.00. The molecule has 3 heteroatoms. The number of fused-ring (bicyclic) bond motifs is 1. The van der Waals surface area contributed by atoms with E-state index in [4.69, 9.17) is 5.73 Å². The Bertz CT molecular complexity index is 523. The molecule has 0 amide bonds. The number of rotatable bonds is 4. The number of nitrogens with one attached hydrogen (secondary N) is 1. The Morgan fingerprint density at radius 1 is 1.28 bits per heavy atom. The molecule has 0 spiro atoms. The molecule has 18 heavy (non-hydrogen) atoms. The van der Waals surface area contributed by atoms with E-state index in [2.05, 4.69) is 35.9 Å². The summed E-state index contributed by atoms with van der Waals surface area (Å²) in [5, 5.41) is 0. The summed E-state index contributed by atoms with van der Waals surface area (Å²) in [6.45, 7) is 5.47. The summed E-state index contributed by atoms with van der Waals surface area (Å²) in [7, 11) is 0. The summed E-state index contributed by atoms with van der Waals surface area (Å²) in [6, 6.07) is 8.20. The first-order chi connectivity index (χ1) is 8.63. The Morgan fingerprint density at radius 2 is 2.06 bits per heavy atom. The van der Waals surface area contributed by atoms with Gasteiger partial charge >= 0.3 is 0 Å². The molecule has 2 atom stereocenters. The number of benzene rings is 1. The molecule has 1 fully saturated rings. The molecular weight excluding hydrogens is 222 g/mol. The van der Waals surface area contributed by atoms with Gasteiger partial charge in [0.05, 0.1) is 11.0 Å². The standard InChI is InChI=1S/C15H21N3/c1-15(2)10(11(15)9-16)7-8-14-17-12-5-3-4-6-13(12)18-14/h3-6,10-11H,7-9,16H2,1-2H3,(H,17,18)/t10-,11-/m0/s1. The predicted molar refractivity (Wildman–Crippen MR) is 74.2 cm³/mol. The molecule has 0 aliphatic heterocycles. The zero-order valence-corrected chi connectivity index (χ0v) is 11.1. The van der Waals surface area contributed by atoms with Gasteiger partial charge in [0.2, 0.25) is 0 Å². The van der Waals surface area contributed by atoms with Gasteiger partial charge in [0.1, 0.15) is 5.82 Å². The van der Waals surface area contributed by atoms with Crippen molar-refractivity contribution in [3.05, 3.63) is 30.1 Å². The van der Waals surface area contributed by atoms with Crippen LogP contribution in [0.5, 0.6) is 0 Å². The van der Waals surface area contributed by atoms with E-state index in [0.29, 0.717) is 11.3 Å². The maximum absolute atomic E-state index is 5.81. The maximum atomic E-state index is 5.81. The first-order valence-corrected chi connectivity index (χ1v) is 6.76. The molecular formula is C15H21N3. The van der Waals surface area contributed by atoms with E-state index in [1.54, 1.807) is 0 Å². The predicted octanol–water partition coefficient (Wildman–Crippen LogP) is 2.73. The SMILES string of the molecule is CC1(C)[C@@H](CN)[C@@H]1CCc1nc2ccccc2[nH]1. The van der Waals surface area contributed by atoms with E-state index < -0.39 is 0 Å². The van der Waals surface area contributed by atoms with E-state index in [1.807, 2.05) is 12.1 Å². The minimum atomic E-state index is 0.431. The molecule has 0 saturated heterocycles. The summed E-state index contributed by atoms with van der Waals surface area (Å²) in [6.07, 6.45) is 2.22. The Morgan fingerprint density at radius 3 is 2.72 bits per heavy atom. The van der Waals surface area contributed by atoms with Gasteiger partial charge in [-0.1, -0.05) is 26.0 Å². The van der Waals surface area contributed by atoms with Gasteiger partial charge in [0.15, 0.2) is 0 Å². The molecule has 0 radical (unpaired) electrons. The maximum Gasteiger partial charge on any atom is 0.107 e. The monoisotopic (exact) mass is 243 g/mol. The van der Waals surface area contributed by atoms with Crippen LogP contribution in [-0.2, 0) is 6.42 Å². The second kappa shape index (κ2) is 4.09. The Labute approximate surface area is 108 Å². The topological polar surface area (TPSA) is 54.7 Å². The third-order valence-corrected chi connectivity index (χ3v) is 4.67. The van der Waals surface area contributed by atoms with Crippen LogP contribution in [0, 0.1) is 17.3 Å². The number of imidazole rings is 1. The fourth-order valence-corrected chi connectivity index (χ4v) is 3.31. The molecule has 3 N–H and O–H groups in total. The fourth-order valence-electron chi connectivity index (χ4n) is 3.31. The van der Waals surface area contributed by atoms with E-state index in [-0.39, 0.29) is 0 Å². The van der Waals surface area contributed by atoms with Crippen molar-refractivity contribution in [1.82, 2.24) is 9.97 Å². The highest BCUT2D eigenvalue weighted by molar-refractivity contribution is 5.74. The van der Waals surface area contributed by atoms with Crippen LogP contribution in [0.1, 0.15) is 26.1 Å². The second-order valence-electron chi connectivity index (χ2n) is 6.01. The molecule has 1 aliphatic rings. The molecule has 2 aromatic rings. The number of aromatic nitrogens is 2. The van der Waals surface area contributed by atoms with Crippen LogP contribution in [0.2, 0.25) is 0 Å². The largest absolute Gasteiger partial charge is 0.342 e. The van der Waals surface area contributed by atoms with Crippen molar-refractivity contribution in [2.24, 2.45) is 23.0 Å². The molecule has 1 aromatic heterocycles. The summed E-state index contributed by atoms with van der Waals surface area (Å²) in [5.74, 6) is 2.56. The lowest BCUT2D eigenvalue weighted by atomic mass is 10.1. The fraction of sp³-hybridized carbons (Fsp3) is 0.533. The third-order valence-electron chi connectivity index (χ3n) is 4.67. The average Bonchev–Trinajstić information content (AvgIpc) is 2.72. The van der Waals surface area contributed by atoms with Crippen molar-refractivity contribution >= 4 is 11.0 Å². The van der Waals surface area contributed by atoms with Crippen LogP contribution in [0.25, 0.3) is 11.0 Å². The van der Waals surface area contributed by atoms with Crippen LogP contribution in [0.15, 0.2) is 24.3 Å². The zero-order chi connectivity index (χ0) is 12.8. The van der Waals surface area contributed by atoms with Crippen molar-refractivity contribution in [1.29, 1.82) is 0 Å². The van der Waals surface area contributed by atoms with Gasteiger partial charge in [0, 0.05) is 6.42 Å². The van der Waals surface area contributed by atoms with Gasteiger partial charge in [-0.05, 0) is 42.3 Å². The third kappa shape index (κ3) is 1.83. The van der Waals surface area contributed by atoms with Crippen LogP contribution in [0.3, 0.4) is 0 Å². The number of nitrogens with two attached hydrogens (primary N) is 1. The minimum Gasteiger partial charge on any atom is -0.342 e. The van der Waals surface area contributed by atoms with Gasteiger partial charge in [-0.3, -0.25) is 0 Å². The van der Waals surface area contributed by atoms with Crippen LogP contribution in [0.4, 0.5) is 0 Å². The second-order valence-corrected chi connectivity index (χ2v) is 6.01. The van der Waals surface area contributed by atoms with Crippen LogP contribution < -0.4 is 5.73 Å². The smallest absolute Gasteiger partial charge is 0.107 e. The number of hydrogen-bond donors (Lipinski definition) is 2. The van der Waals surface area contributed by atoms with Gasteiger partial charge in [-0.25, -0.2) is 4.98 Å². The highest BCUT2D eigenvalue weighted by Gasteiger charge is 2.55. The first kappa shape index (κ1) is 11.7. The van der Waals surface area contributed by atoms with Crippen LogP contribution >= 0.6 is 0 Å². The number of aromatic amines is 1. The highest BCUT2D eigenvalue weighted by Crippen LogP contribution is 2.59. The lowest BCUT2D eigenvalue weighted by Crippen LogP contribution is -2.05. The van der Waals surface area contributed by atoms with E-state index in [9.17, 15) is 0 Å². The van der Waals surface area contributed by atoms with Gasteiger partial charge < -0.3 is 10.7 Å². The van der Waals surface area contributed by atoms with Crippen LogP contribution in [-0.4, -0.2) is 16.5 Å². The quantitative estimate of drug-likeness (QED) is 0.867. The number of hydrogen-bond acceptors (Lipinski definition) is 2. The van der Waals surface area contributed by atoms with E-state index in [0.717, 1.165) is 35.7 Å². The number of H-pyrrole nitrogens is 1. The number of para-hydroxylation sites is 2. The molecule has 3 nitrogen and oxygen atoms in total. The van der Waals surface area contributed by atoms with E-state index >= 15 is 0 Å². The van der Waals surface area contributed by atoms with Gasteiger partial charge in [-0.15, -0.1) is 0 Å². The molecule has 1 aliphatic carbocycles. The molecule has 1 heterocycles. The van der Waals surface area contributed by atoms with Gasteiger partial charge in [0.25, 0.3) is 0 Å². The first-order valence-electron chi connectivity index (χ1n) is 6.76. The summed E-state index contributed by atoms with van der Waals surface area (Å²) in [5.41, 5.74) is 8.44. The molecule has 96 valence electrons. The average molecular weight is 243 g/mol. The molecule has 0 bridgehead atoms. The Kier molecular flexibility index (Phi) is 2.67. The lowest BCUT2D eigenvalue weighted by molar-refractivity contribution is 0.520. The summed E-state index contributed by atoms with van der Waals surface area (Å²) < 4.78 is 0. The number of aryl methyl sites for hydroxylation is 1. The molecule has 0 unspecified atom stereocenters. The summed E-state index contributed by atoms with van der Waals surface area (Å²) >= 11 is 0. The Balaban J connectivity index is 1.67. The Hall–Kier alpha value is -1.35. The molecule has 3 rings (SSSR count). The highest BCUT2D eigenvalue weighted by atomic mass is 14.9. The van der Waals surface area contributed by atoms with Crippen molar-refractivity contribution in [2.75, 3.05) is 6.54 Å². The zero-order valence-electron chi connectivity index (χ0n) is 11.1. The molecule has 1 saturated carbocycles. The van der Waals surface area contributed by atoms with Crippen molar-refractivity contribution in [3.8, 4) is 0 Å². The van der Waals surface area contributed by atoms with E-state index in [1.165, 1.54) is 6.42 Å². The number of nitrogens with zero attached hydrogens (tertiary/aromatic N) is 1. The minimum absolute atomic E-state index is 0.431. The van der Waals surface area contributed by atoms with Crippen molar-refractivity contribution in [2.45, 2.75) is 26.7 Å². The summed E-state index contributed by atoms with van der Waals surface area (Å²) in [4.78, 5) is 8.02. The van der Waals surface area contributed by atoms with Crippen molar-refractivity contribution in [3.63, 3.8) is 0 Å².